The highest BCUT2D eigenvalue weighted by Gasteiger charge is 2.13. The molecule has 112 valence electrons. The molecule has 3 aromatic heterocycles. The summed E-state index contributed by atoms with van der Waals surface area (Å²) in [5, 5.41) is 4.86. The minimum atomic E-state index is 0.681. The molecular weight excluding hydrogens is 308 g/mol. The zero-order valence-corrected chi connectivity index (χ0v) is 13.2. The molecule has 23 heavy (non-hydrogen) atoms. The maximum atomic E-state index is 6.39. The van der Waals surface area contributed by atoms with E-state index in [2.05, 4.69) is 15.1 Å². The zero-order valence-electron chi connectivity index (χ0n) is 12.4. The second-order valence-electron chi connectivity index (χ2n) is 5.33. The van der Waals surface area contributed by atoms with Gasteiger partial charge in [0.25, 0.3) is 0 Å². The first kappa shape index (κ1) is 13.9. The van der Waals surface area contributed by atoms with Crippen LogP contribution in [0.5, 0.6) is 0 Å². The van der Waals surface area contributed by atoms with E-state index in [1.165, 1.54) is 0 Å². The van der Waals surface area contributed by atoms with Crippen molar-refractivity contribution in [3.05, 3.63) is 71.6 Å². The van der Waals surface area contributed by atoms with E-state index in [9.17, 15) is 0 Å². The Morgan fingerprint density at radius 1 is 1.00 bits per heavy atom. The van der Waals surface area contributed by atoms with Gasteiger partial charge in [-0.05, 0) is 37.3 Å². The summed E-state index contributed by atoms with van der Waals surface area (Å²) in [6.07, 6.45) is 5.40. The van der Waals surface area contributed by atoms with Gasteiger partial charge in [0.15, 0.2) is 5.65 Å². The molecule has 1 aromatic carbocycles. The second kappa shape index (κ2) is 5.48. The molecule has 0 amide bonds. The monoisotopic (exact) mass is 320 g/mol. The fraction of sp³-hybridized carbons (Fsp3) is 0.0556. The first-order valence-electron chi connectivity index (χ1n) is 7.25. The highest BCUT2D eigenvalue weighted by atomic mass is 35.5. The van der Waals surface area contributed by atoms with Gasteiger partial charge in [0, 0.05) is 34.6 Å². The molecular formula is C18H13ClN4. The van der Waals surface area contributed by atoms with Crippen molar-refractivity contribution >= 4 is 17.2 Å². The van der Waals surface area contributed by atoms with Gasteiger partial charge in [-0.3, -0.25) is 4.98 Å². The van der Waals surface area contributed by atoms with Gasteiger partial charge >= 0.3 is 0 Å². The molecule has 0 radical (unpaired) electrons. The molecule has 0 saturated heterocycles. The molecule has 0 aliphatic rings. The Balaban J connectivity index is 1.94. The molecule has 4 aromatic rings. The predicted molar refractivity (Wildman–Crippen MR) is 91.4 cm³/mol. The molecule has 0 N–H and O–H groups in total. The van der Waals surface area contributed by atoms with Crippen LogP contribution < -0.4 is 0 Å². The summed E-state index contributed by atoms with van der Waals surface area (Å²) in [5.74, 6) is 0. The average molecular weight is 321 g/mol. The van der Waals surface area contributed by atoms with Crippen molar-refractivity contribution in [2.24, 2.45) is 0 Å². The van der Waals surface area contributed by atoms with Crippen molar-refractivity contribution < 1.29 is 0 Å². The molecule has 0 bridgehead atoms. The second-order valence-corrected chi connectivity index (χ2v) is 5.74. The normalized spacial score (nSPS) is 11.0. The molecule has 3 heterocycles. The van der Waals surface area contributed by atoms with Gasteiger partial charge in [0.1, 0.15) is 0 Å². The van der Waals surface area contributed by atoms with E-state index < -0.39 is 0 Å². The van der Waals surface area contributed by atoms with Crippen LogP contribution in [0.4, 0.5) is 0 Å². The summed E-state index contributed by atoms with van der Waals surface area (Å²) in [5.41, 5.74) is 5.48. The first-order chi connectivity index (χ1) is 11.2. The van der Waals surface area contributed by atoms with Crippen LogP contribution in [0.1, 0.15) is 5.56 Å². The number of benzene rings is 1. The Morgan fingerprint density at radius 2 is 1.91 bits per heavy atom. The van der Waals surface area contributed by atoms with Gasteiger partial charge in [0.2, 0.25) is 0 Å². The van der Waals surface area contributed by atoms with E-state index in [0.717, 1.165) is 33.7 Å². The molecule has 4 nitrogen and oxygen atoms in total. The van der Waals surface area contributed by atoms with Crippen molar-refractivity contribution in [2.75, 3.05) is 0 Å². The van der Waals surface area contributed by atoms with Crippen molar-refractivity contribution in [2.45, 2.75) is 6.92 Å². The van der Waals surface area contributed by atoms with Crippen LogP contribution >= 0.6 is 11.6 Å². The summed E-state index contributed by atoms with van der Waals surface area (Å²) in [4.78, 5) is 9.21. The number of hydrogen-bond donors (Lipinski definition) is 0. The highest BCUT2D eigenvalue weighted by molar-refractivity contribution is 6.33. The number of aryl methyl sites for hydroxylation is 1. The Bertz CT molecular complexity index is 1010. The van der Waals surface area contributed by atoms with E-state index >= 15 is 0 Å². The minimum absolute atomic E-state index is 0.681. The van der Waals surface area contributed by atoms with Crippen LogP contribution in [0.3, 0.4) is 0 Å². The van der Waals surface area contributed by atoms with Crippen molar-refractivity contribution in [3.8, 4) is 22.5 Å². The van der Waals surface area contributed by atoms with E-state index in [1.54, 1.807) is 16.9 Å². The van der Waals surface area contributed by atoms with Gasteiger partial charge in [-0.15, -0.1) is 0 Å². The SMILES string of the molecule is Cc1ccc(Cl)c(-c2ncccc2-c2ccn3nccc3n2)c1. The Kier molecular flexibility index (Phi) is 3.32. The fourth-order valence-electron chi connectivity index (χ4n) is 2.61. The van der Waals surface area contributed by atoms with Crippen LogP contribution in [-0.4, -0.2) is 19.6 Å². The predicted octanol–water partition coefficient (Wildman–Crippen LogP) is 4.42. The molecule has 0 aliphatic heterocycles. The third-order valence-electron chi connectivity index (χ3n) is 3.72. The number of rotatable bonds is 2. The number of fused-ring (bicyclic) bond motifs is 1. The van der Waals surface area contributed by atoms with Gasteiger partial charge in [-0.2, -0.15) is 5.10 Å². The van der Waals surface area contributed by atoms with Crippen LogP contribution in [0.15, 0.2) is 61.1 Å². The fourth-order valence-corrected chi connectivity index (χ4v) is 2.82. The number of nitrogens with zero attached hydrogens (tertiary/aromatic N) is 4. The standard InChI is InChI=1S/C18H13ClN4/c1-12-4-5-15(19)14(11-12)18-13(3-2-8-20-18)16-7-10-23-17(22-16)6-9-21-23/h2-11H,1H3. The lowest BCUT2D eigenvalue weighted by atomic mass is 10.0. The third-order valence-corrected chi connectivity index (χ3v) is 4.05. The minimum Gasteiger partial charge on any atom is -0.255 e. The largest absolute Gasteiger partial charge is 0.255 e. The molecule has 0 aliphatic carbocycles. The molecule has 0 saturated carbocycles. The Morgan fingerprint density at radius 3 is 2.83 bits per heavy atom. The number of halogens is 1. The zero-order chi connectivity index (χ0) is 15.8. The third kappa shape index (κ3) is 2.47. The van der Waals surface area contributed by atoms with Crippen LogP contribution in [0.25, 0.3) is 28.2 Å². The lowest BCUT2D eigenvalue weighted by Gasteiger charge is -2.10. The number of aromatic nitrogens is 4. The molecule has 0 fully saturated rings. The number of hydrogen-bond acceptors (Lipinski definition) is 3. The van der Waals surface area contributed by atoms with Crippen molar-refractivity contribution in [1.29, 1.82) is 0 Å². The van der Waals surface area contributed by atoms with E-state index in [1.807, 2.05) is 55.6 Å². The first-order valence-corrected chi connectivity index (χ1v) is 7.62. The van der Waals surface area contributed by atoms with Gasteiger partial charge in [-0.1, -0.05) is 23.2 Å². The van der Waals surface area contributed by atoms with Crippen LogP contribution in [-0.2, 0) is 0 Å². The summed E-state index contributed by atoms with van der Waals surface area (Å²) >= 11 is 6.39. The van der Waals surface area contributed by atoms with Gasteiger partial charge < -0.3 is 0 Å². The van der Waals surface area contributed by atoms with E-state index in [0.29, 0.717) is 5.02 Å². The maximum absolute atomic E-state index is 6.39. The Labute approximate surface area is 138 Å². The van der Waals surface area contributed by atoms with E-state index in [-0.39, 0.29) is 0 Å². The summed E-state index contributed by atoms with van der Waals surface area (Å²) in [6.45, 7) is 2.04. The molecule has 0 unspecified atom stereocenters. The van der Waals surface area contributed by atoms with E-state index in [4.69, 9.17) is 11.6 Å². The van der Waals surface area contributed by atoms with Gasteiger partial charge in [0.05, 0.1) is 17.6 Å². The molecule has 0 atom stereocenters. The van der Waals surface area contributed by atoms with Gasteiger partial charge in [-0.25, -0.2) is 9.50 Å². The quantitative estimate of drug-likeness (QED) is 0.549. The van der Waals surface area contributed by atoms with Crippen molar-refractivity contribution in [3.63, 3.8) is 0 Å². The highest BCUT2D eigenvalue weighted by Crippen LogP contribution is 2.34. The van der Waals surface area contributed by atoms with Crippen LogP contribution in [0.2, 0.25) is 5.02 Å². The summed E-state index contributed by atoms with van der Waals surface area (Å²) in [7, 11) is 0. The molecule has 4 rings (SSSR count). The summed E-state index contributed by atoms with van der Waals surface area (Å²) < 4.78 is 1.74. The topological polar surface area (TPSA) is 43.1 Å². The lowest BCUT2D eigenvalue weighted by molar-refractivity contribution is 0.941. The maximum Gasteiger partial charge on any atom is 0.155 e. The lowest BCUT2D eigenvalue weighted by Crippen LogP contribution is -1.95. The Hall–Kier alpha value is -2.72. The number of pyridine rings is 1. The van der Waals surface area contributed by atoms with Crippen LogP contribution in [0, 0.1) is 6.92 Å². The molecule has 0 spiro atoms. The smallest absolute Gasteiger partial charge is 0.155 e. The average Bonchev–Trinajstić information content (AvgIpc) is 3.05. The summed E-state index contributed by atoms with van der Waals surface area (Å²) in [6, 6.07) is 13.7. The molecule has 5 heteroatoms. The van der Waals surface area contributed by atoms with Crippen molar-refractivity contribution in [1.82, 2.24) is 19.6 Å².